The maximum Gasteiger partial charge on any atom is 0.412 e. The molecule has 1 unspecified atom stereocenters. The largest absolute Gasteiger partial charge is 0.412 e. The molecule has 9 heteroatoms. The first-order chi connectivity index (χ1) is 13.7. The molecule has 0 bridgehead atoms. The Morgan fingerprint density at radius 1 is 1.32 bits per heavy atom. The monoisotopic (exact) mass is 401 g/mol. The summed E-state index contributed by atoms with van der Waals surface area (Å²) in [5, 5.41) is 2.72. The number of benzene rings is 1. The molecule has 8 nitrogen and oxygen atoms in total. The highest BCUT2D eigenvalue weighted by molar-refractivity contribution is 6.28. The average Bonchev–Trinajstić information content (AvgIpc) is 3.12. The molecule has 0 radical (unpaired) electrons. The van der Waals surface area contributed by atoms with Crippen molar-refractivity contribution >= 4 is 28.9 Å². The van der Waals surface area contributed by atoms with Gasteiger partial charge in [-0.25, -0.2) is 14.8 Å². The Kier molecular flexibility index (Phi) is 5.40. The Morgan fingerprint density at radius 3 is 2.86 bits per heavy atom. The molecule has 1 aliphatic heterocycles. The number of hydrogen-bond donors (Lipinski definition) is 1. The van der Waals surface area contributed by atoms with Crippen molar-refractivity contribution in [1.82, 2.24) is 24.8 Å². The standard InChI is InChI=1S/C19H20ClN5O3/c1-2-21-19(26)28-13-8-6-12(7-9-13)15-16-17(24-18(20)23-15)25(11-22-16)14-5-3-4-10-27-14/h6-9,11,14H,2-5,10H2,1H3,(H,21,26). The summed E-state index contributed by atoms with van der Waals surface area (Å²) in [5.41, 5.74) is 2.71. The molecule has 1 fully saturated rings. The molecule has 1 amide bonds. The number of carbonyl (C=O) groups is 1. The van der Waals surface area contributed by atoms with Crippen LogP contribution in [0, 0.1) is 0 Å². The lowest BCUT2D eigenvalue weighted by atomic mass is 10.1. The van der Waals surface area contributed by atoms with E-state index in [1.807, 2.05) is 23.6 Å². The number of halogens is 1. The number of ether oxygens (including phenoxy) is 2. The summed E-state index contributed by atoms with van der Waals surface area (Å²) in [6.45, 7) is 3.05. The molecule has 3 aromatic rings. The van der Waals surface area contributed by atoms with Gasteiger partial charge in [-0.05, 0) is 62.1 Å². The molecule has 1 aliphatic rings. The third-order valence-electron chi connectivity index (χ3n) is 4.52. The van der Waals surface area contributed by atoms with Crippen molar-refractivity contribution in [2.75, 3.05) is 13.2 Å². The molecule has 146 valence electrons. The van der Waals surface area contributed by atoms with Crippen LogP contribution in [0.5, 0.6) is 5.75 Å². The van der Waals surface area contributed by atoms with Crippen molar-refractivity contribution < 1.29 is 14.3 Å². The molecule has 3 heterocycles. The van der Waals surface area contributed by atoms with E-state index in [1.54, 1.807) is 18.5 Å². The first-order valence-electron chi connectivity index (χ1n) is 9.23. The van der Waals surface area contributed by atoms with Crippen LogP contribution in [-0.2, 0) is 4.74 Å². The zero-order valence-electron chi connectivity index (χ0n) is 15.4. The topological polar surface area (TPSA) is 91.2 Å². The third kappa shape index (κ3) is 3.79. The summed E-state index contributed by atoms with van der Waals surface area (Å²) < 4.78 is 13.0. The fourth-order valence-electron chi connectivity index (χ4n) is 3.21. The van der Waals surface area contributed by atoms with Crippen LogP contribution in [0.1, 0.15) is 32.4 Å². The van der Waals surface area contributed by atoms with Crippen molar-refractivity contribution in [3.63, 3.8) is 0 Å². The molecule has 0 aliphatic carbocycles. The minimum absolute atomic E-state index is 0.0922. The van der Waals surface area contributed by atoms with Gasteiger partial charge in [-0.1, -0.05) is 0 Å². The van der Waals surface area contributed by atoms with Crippen molar-refractivity contribution in [1.29, 1.82) is 0 Å². The maximum absolute atomic E-state index is 11.5. The number of nitrogens with one attached hydrogen (secondary N) is 1. The van der Waals surface area contributed by atoms with E-state index in [9.17, 15) is 4.79 Å². The van der Waals surface area contributed by atoms with Gasteiger partial charge in [-0.15, -0.1) is 0 Å². The van der Waals surface area contributed by atoms with Crippen LogP contribution in [0.3, 0.4) is 0 Å². The Hall–Kier alpha value is -2.71. The number of hydrogen-bond acceptors (Lipinski definition) is 6. The molecule has 4 rings (SSSR count). The van der Waals surface area contributed by atoms with Crippen molar-refractivity contribution in [2.45, 2.75) is 32.4 Å². The number of carbonyl (C=O) groups excluding carboxylic acids is 1. The molecule has 1 aromatic carbocycles. The average molecular weight is 402 g/mol. The molecule has 1 saturated heterocycles. The maximum atomic E-state index is 11.5. The summed E-state index contributed by atoms with van der Waals surface area (Å²) in [5.74, 6) is 0.437. The van der Waals surface area contributed by atoms with Crippen LogP contribution in [-0.4, -0.2) is 38.8 Å². The van der Waals surface area contributed by atoms with E-state index in [0.717, 1.165) is 31.4 Å². The second-order valence-corrected chi connectivity index (χ2v) is 6.77. The fraction of sp³-hybridized carbons (Fsp3) is 0.368. The number of rotatable bonds is 4. The summed E-state index contributed by atoms with van der Waals surface area (Å²) in [4.78, 5) is 24.8. The lowest BCUT2D eigenvalue weighted by molar-refractivity contribution is -0.0298. The van der Waals surface area contributed by atoms with Gasteiger partial charge in [0, 0.05) is 18.7 Å². The number of nitrogens with zero attached hydrogens (tertiary/aromatic N) is 4. The minimum atomic E-state index is -0.492. The molecule has 0 spiro atoms. The highest BCUT2D eigenvalue weighted by Gasteiger charge is 2.21. The van der Waals surface area contributed by atoms with Gasteiger partial charge in [0.15, 0.2) is 5.65 Å². The highest BCUT2D eigenvalue weighted by atomic mass is 35.5. The molecule has 2 aromatic heterocycles. The van der Waals surface area contributed by atoms with E-state index in [4.69, 9.17) is 21.1 Å². The third-order valence-corrected chi connectivity index (χ3v) is 4.69. The summed E-state index contributed by atoms with van der Waals surface area (Å²) in [6.07, 6.45) is 4.22. The Bertz CT molecular complexity index is 983. The van der Waals surface area contributed by atoms with Crippen LogP contribution < -0.4 is 10.1 Å². The second-order valence-electron chi connectivity index (χ2n) is 6.43. The van der Waals surface area contributed by atoms with Gasteiger partial charge in [-0.3, -0.25) is 4.57 Å². The Labute approximate surface area is 166 Å². The van der Waals surface area contributed by atoms with Crippen LogP contribution in [0.25, 0.3) is 22.4 Å². The van der Waals surface area contributed by atoms with Gasteiger partial charge >= 0.3 is 6.09 Å². The van der Waals surface area contributed by atoms with Gasteiger partial charge in [-0.2, -0.15) is 4.98 Å². The van der Waals surface area contributed by atoms with Crippen molar-refractivity contribution in [2.24, 2.45) is 0 Å². The lowest BCUT2D eigenvalue weighted by Crippen LogP contribution is -2.26. The SMILES string of the molecule is CCNC(=O)Oc1ccc(-c2nc(Cl)nc3c2ncn3C2CCCCO2)cc1. The lowest BCUT2D eigenvalue weighted by Gasteiger charge is -2.23. The first kappa shape index (κ1) is 18.6. The molecular weight excluding hydrogens is 382 g/mol. The van der Waals surface area contributed by atoms with Crippen LogP contribution >= 0.6 is 11.6 Å². The molecule has 0 saturated carbocycles. The van der Waals surface area contributed by atoms with E-state index in [-0.39, 0.29) is 11.5 Å². The van der Waals surface area contributed by atoms with Crippen LogP contribution in [0.4, 0.5) is 4.79 Å². The smallest absolute Gasteiger partial charge is 0.410 e. The summed E-state index contributed by atoms with van der Waals surface area (Å²) in [6, 6.07) is 7.02. The van der Waals surface area contributed by atoms with Gasteiger partial charge in [0.1, 0.15) is 23.2 Å². The van der Waals surface area contributed by atoms with Crippen LogP contribution in [0.15, 0.2) is 30.6 Å². The Morgan fingerprint density at radius 2 is 2.14 bits per heavy atom. The number of amides is 1. The molecule has 1 N–H and O–H groups in total. The molecule has 28 heavy (non-hydrogen) atoms. The van der Waals surface area contributed by atoms with Gasteiger partial charge in [0.2, 0.25) is 5.28 Å². The van der Waals surface area contributed by atoms with Gasteiger partial charge in [0.25, 0.3) is 0 Å². The number of fused-ring (bicyclic) bond motifs is 1. The van der Waals surface area contributed by atoms with E-state index in [2.05, 4.69) is 20.3 Å². The number of aromatic nitrogens is 4. The van der Waals surface area contributed by atoms with Crippen molar-refractivity contribution in [3.8, 4) is 17.0 Å². The predicted octanol–water partition coefficient (Wildman–Crippen LogP) is 3.95. The highest BCUT2D eigenvalue weighted by Crippen LogP contribution is 2.31. The second kappa shape index (κ2) is 8.12. The fourth-order valence-corrected chi connectivity index (χ4v) is 3.38. The normalized spacial score (nSPS) is 16.9. The minimum Gasteiger partial charge on any atom is -0.410 e. The van der Waals surface area contributed by atoms with E-state index < -0.39 is 6.09 Å². The Balaban J connectivity index is 1.67. The van der Waals surface area contributed by atoms with Gasteiger partial charge in [0.05, 0.1) is 6.33 Å². The van der Waals surface area contributed by atoms with E-state index in [1.165, 1.54) is 0 Å². The van der Waals surface area contributed by atoms with E-state index >= 15 is 0 Å². The summed E-state index contributed by atoms with van der Waals surface area (Å²) >= 11 is 6.19. The zero-order chi connectivity index (χ0) is 19.5. The summed E-state index contributed by atoms with van der Waals surface area (Å²) in [7, 11) is 0. The number of imidazole rings is 1. The van der Waals surface area contributed by atoms with Gasteiger partial charge < -0.3 is 14.8 Å². The van der Waals surface area contributed by atoms with Crippen molar-refractivity contribution in [3.05, 3.63) is 35.9 Å². The molecule has 1 atom stereocenters. The van der Waals surface area contributed by atoms with Crippen LogP contribution in [0.2, 0.25) is 5.28 Å². The van der Waals surface area contributed by atoms with E-state index in [0.29, 0.717) is 29.2 Å². The molecular formula is C19H20ClN5O3. The first-order valence-corrected chi connectivity index (χ1v) is 9.61. The zero-order valence-corrected chi connectivity index (χ0v) is 16.1. The quantitative estimate of drug-likeness (QED) is 0.665. The predicted molar refractivity (Wildman–Crippen MR) is 104 cm³/mol.